The molecule has 3 atom stereocenters. The second kappa shape index (κ2) is 8.25. The van der Waals surface area contributed by atoms with Gasteiger partial charge in [-0.05, 0) is 35.6 Å². The van der Waals surface area contributed by atoms with Gasteiger partial charge in [0.05, 0.1) is 17.9 Å². The Labute approximate surface area is 200 Å². The maximum absolute atomic E-state index is 13.2. The van der Waals surface area contributed by atoms with Crippen LogP contribution in [0.2, 0.25) is 0 Å². The minimum atomic E-state index is -0.630. The number of anilines is 1. The number of nitrogens with one attached hydrogen (secondary N) is 1. The van der Waals surface area contributed by atoms with Crippen LogP contribution in [0.4, 0.5) is 15.3 Å². The van der Waals surface area contributed by atoms with Gasteiger partial charge in [0, 0.05) is 42.2 Å². The van der Waals surface area contributed by atoms with Gasteiger partial charge in [0.1, 0.15) is 6.04 Å². The number of piperazine rings is 1. The van der Waals surface area contributed by atoms with Crippen molar-refractivity contribution >= 4 is 35.0 Å². The molecule has 34 heavy (non-hydrogen) atoms. The number of pyridine rings is 1. The van der Waals surface area contributed by atoms with Crippen molar-refractivity contribution in [3.63, 3.8) is 0 Å². The Morgan fingerprint density at radius 3 is 2.71 bits per heavy atom. The van der Waals surface area contributed by atoms with Crippen molar-refractivity contribution in [3.8, 4) is 11.3 Å². The summed E-state index contributed by atoms with van der Waals surface area (Å²) in [5.74, 6) is -0.0118. The van der Waals surface area contributed by atoms with Crippen LogP contribution >= 0.6 is 11.3 Å². The average Bonchev–Trinajstić information content (AvgIpc) is 3.36. The second-order valence-corrected chi connectivity index (χ2v) is 9.59. The lowest BCUT2D eigenvalue weighted by Gasteiger charge is -2.35. The third kappa shape index (κ3) is 3.52. The number of carbonyl (C=O) groups excluding carboxylic acids is 3. The first-order chi connectivity index (χ1) is 16.6. The minimum absolute atomic E-state index is 0.0983. The summed E-state index contributed by atoms with van der Waals surface area (Å²) in [6.45, 7) is 0.895. The zero-order valence-corrected chi connectivity index (χ0v) is 19.1. The van der Waals surface area contributed by atoms with Crippen molar-refractivity contribution in [2.24, 2.45) is 0 Å². The number of nitrogens with zero attached hydrogens (tertiary/aromatic N) is 4. The Morgan fingerprint density at radius 1 is 1.06 bits per heavy atom. The fourth-order valence-electron chi connectivity index (χ4n) is 4.96. The molecule has 1 N–H and O–H groups in total. The van der Waals surface area contributed by atoms with Crippen molar-refractivity contribution in [3.05, 3.63) is 71.1 Å². The Morgan fingerprint density at radius 2 is 1.91 bits per heavy atom. The van der Waals surface area contributed by atoms with E-state index < -0.39 is 6.04 Å². The Bertz CT molecular complexity index is 1250. The van der Waals surface area contributed by atoms with E-state index in [1.807, 2.05) is 53.2 Å². The molecule has 0 bridgehead atoms. The summed E-state index contributed by atoms with van der Waals surface area (Å²) in [4.78, 5) is 48.5. The predicted molar refractivity (Wildman–Crippen MR) is 128 cm³/mol. The van der Waals surface area contributed by atoms with Crippen molar-refractivity contribution < 1.29 is 14.4 Å². The number of thiophene rings is 1. The van der Waals surface area contributed by atoms with E-state index in [4.69, 9.17) is 0 Å². The lowest BCUT2D eigenvalue weighted by molar-refractivity contribution is -0.129. The van der Waals surface area contributed by atoms with Gasteiger partial charge in [-0.25, -0.2) is 9.59 Å². The maximum atomic E-state index is 13.2. The Kier molecular flexibility index (Phi) is 5.06. The highest BCUT2D eigenvalue weighted by molar-refractivity contribution is 7.08. The SMILES string of the molecule is O=C(Nc1cccnc1-c1ccsc1)N1CCN2C(=O)N([C@H]3C[C@@H]3c3ccccc3)C(=O)C2C1. The predicted octanol–water partition coefficient (Wildman–Crippen LogP) is 3.85. The zero-order valence-electron chi connectivity index (χ0n) is 18.3. The highest BCUT2D eigenvalue weighted by Gasteiger charge is 2.56. The molecule has 3 aromatic rings. The van der Waals surface area contributed by atoms with Crippen LogP contribution in [0.5, 0.6) is 0 Å². The van der Waals surface area contributed by atoms with E-state index in [0.29, 0.717) is 24.5 Å². The van der Waals surface area contributed by atoms with Crippen molar-refractivity contribution in [2.45, 2.75) is 24.4 Å². The molecule has 6 rings (SSSR count). The number of aromatic nitrogens is 1. The number of imide groups is 1. The lowest BCUT2D eigenvalue weighted by atomic mass is 10.1. The first-order valence-corrected chi connectivity index (χ1v) is 12.3. The summed E-state index contributed by atoms with van der Waals surface area (Å²) in [7, 11) is 0. The lowest BCUT2D eigenvalue weighted by Crippen LogP contribution is -2.55. The van der Waals surface area contributed by atoms with Gasteiger partial charge < -0.3 is 15.1 Å². The van der Waals surface area contributed by atoms with E-state index in [9.17, 15) is 14.4 Å². The van der Waals surface area contributed by atoms with Gasteiger partial charge in [0.15, 0.2) is 0 Å². The molecule has 0 spiro atoms. The fraction of sp³-hybridized carbons (Fsp3) is 0.280. The molecule has 1 saturated carbocycles. The summed E-state index contributed by atoms with van der Waals surface area (Å²) in [5, 5.41) is 6.89. The molecular formula is C25H23N5O3S. The molecule has 2 aliphatic heterocycles. The van der Waals surface area contributed by atoms with Crippen molar-refractivity contribution in [1.29, 1.82) is 0 Å². The summed E-state index contributed by atoms with van der Waals surface area (Å²) in [5.41, 5.74) is 3.41. The number of rotatable bonds is 4. The molecule has 5 amide bonds. The fourth-order valence-corrected chi connectivity index (χ4v) is 5.60. The van der Waals surface area contributed by atoms with E-state index in [0.717, 1.165) is 17.5 Å². The number of fused-ring (bicyclic) bond motifs is 1. The van der Waals surface area contributed by atoms with E-state index in [-0.39, 0.29) is 36.5 Å². The van der Waals surface area contributed by atoms with Gasteiger partial charge in [-0.1, -0.05) is 30.3 Å². The minimum Gasteiger partial charge on any atom is -0.320 e. The average molecular weight is 474 g/mol. The zero-order chi connectivity index (χ0) is 23.2. The summed E-state index contributed by atoms with van der Waals surface area (Å²) in [6.07, 6.45) is 2.48. The Hall–Kier alpha value is -3.72. The summed E-state index contributed by atoms with van der Waals surface area (Å²) >= 11 is 1.56. The standard InChI is InChI=1S/C25H23N5O3S/c31-23-21-14-28(24(32)27-19-7-4-9-26-22(19)17-8-12-34-15-17)10-11-29(21)25(33)30(23)20-13-18(20)16-5-2-1-3-6-16/h1-9,12,15,18,20-21H,10-11,13-14H2,(H,27,32)/t18-,20+,21?/m1/s1. The van der Waals surface area contributed by atoms with Crippen LogP contribution in [0.1, 0.15) is 17.9 Å². The third-order valence-electron chi connectivity index (χ3n) is 6.80. The van der Waals surface area contributed by atoms with Crippen LogP contribution in [0.15, 0.2) is 65.5 Å². The number of hydrogen-bond donors (Lipinski definition) is 1. The molecular weight excluding hydrogens is 450 g/mol. The topological polar surface area (TPSA) is 85.8 Å². The first kappa shape index (κ1) is 20.9. The number of hydrogen-bond acceptors (Lipinski definition) is 5. The second-order valence-electron chi connectivity index (χ2n) is 8.81. The van der Waals surface area contributed by atoms with E-state index in [2.05, 4.69) is 10.3 Å². The highest BCUT2D eigenvalue weighted by Crippen LogP contribution is 2.46. The smallest absolute Gasteiger partial charge is 0.320 e. The number of amides is 5. The molecule has 172 valence electrons. The summed E-state index contributed by atoms with van der Waals surface area (Å²) in [6, 6.07) is 14.3. The van der Waals surface area contributed by atoms with Crippen LogP contribution in [0.3, 0.4) is 0 Å². The van der Waals surface area contributed by atoms with Crippen LogP contribution in [0.25, 0.3) is 11.3 Å². The molecule has 1 aliphatic carbocycles. The molecule has 1 aromatic carbocycles. The molecule has 1 unspecified atom stereocenters. The molecule has 9 heteroatoms. The monoisotopic (exact) mass is 473 g/mol. The van der Waals surface area contributed by atoms with Crippen molar-refractivity contribution in [2.75, 3.05) is 25.0 Å². The van der Waals surface area contributed by atoms with Crippen molar-refractivity contribution in [1.82, 2.24) is 19.7 Å². The van der Waals surface area contributed by atoms with Crippen LogP contribution in [0, 0.1) is 0 Å². The Balaban J connectivity index is 1.15. The van der Waals surface area contributed by atoms with E-state index in [1.165, 1.54) is 4.90 Å². The highest BCUT2D eigenvalue weighted by atomic mass is 32.1. The first-order valence-electron chi connectivity index (χ1n) is 11.3. The molecule has 3 aliphatic rings. The van der Waals surface area contributed by atoms with Crippen LogP contribution < -0.4 is 5.32 Å². The third-order valence-corrected chi connectivity index (χ3v) is 7.49. The number of benzene rings is 1. The summed E-state index contributed by atoms with van der Waals surface area (Å²) < 4.78 is 0. The number of urea groups is 2. The van der Waals surface area contributed by atoms with Gasteiger partial charge in [0.2, 0.25) is 0 Å². The number of carbonyl (C=O) groups is 3. The molecule has 2 saturated heterocycles. The molecule has 8 nitrogen and oxygen atoms in total. The molecule has 3 fully saturated rings. The van der Waals surface area contributed by atoms with Gasteiger partial charge in [-0.3, -0.25) is 14.7 Å². The van der Waals surface area contributed by atoms with Crippen LogP contribution in [-0.4, -0.2) is 69.4 Å². The molecule has 0 radical (unpaired) electrons. The van der Waals surface area contributed by atoms with Gasteiger partial charge in [-0.15, -0.1) is 0 Å². The van der Waals surface area contributed by atoms with E-state index in [1.54, 1.807) is 33.4 Å². The van der Waals surface area contributed by atoms with Crippen LogP contribution in [-0.2, 0) is 4.79 Å². The quantitative estimate of drug-likeness (QED) is 0.584. The van der Waals surface area contributed by atoms with Gasteiger partial charge >= 0.3 is 12.1 Å². The van der Waals surface area contributed by atoms with Gasteiger partial charge in [0.25, 0.3) is 5.91 Å². The molecule has 2 aromatic heterocycles. The van der Waals surface area contributed by atoms with E-state index >= 15 is 0 Å². The maximum Gasteiger partial charge on any atom is 0.327 e. The molecule has 4 heterocycles. The van der Waals surface area contributed by atoms with Gasteiger partial charge in [-0.2, -0.15) is 11.3 Å². The largest absolute Gasteiger partial charge is 0.327 e. The normalized spacial score (nSPS) is 23.8.